The minimum absolute atomic E-state index is 0.0254. The van der Waals surface area contributed by atoms with E-state index in [-0.39, 0.29) is 11.1 Å². The molecule has 1 aliphatic rings. The molecule has 1 amide bonds. The third-order valence-electron chi connectivity index (χ3n) is 3.92. The minimum atomic E-state index is -0.515. The van der Waals surface area contributed by atoms with Crippen LogP contribution in [0, 0.1) is 28.5 Å². The molecule has 0 fully saturated rings. The van der Waals surface area contributed by atoms with Crippen molar-refractivity contribution in [1.29, 1.82) is 10.5 Å². The fraction of sp³-hybridized carbons (Fsp3) is 0.105. The van der Waals surface area contributed by atoms with Gasteiger partial charge in [-0.2, -0.15) is 10.5 Å². The van der Waals surface area contributed by atoms with Crippen molar-refractivity contribution < 1.29 is 9.18 Å². The van der Waals surface area contributed by atoms with Gasteiger partial charge in [0, 0.05) is 12.1 Å². The van der Waals surface area contributed by atoms with E-state index in [9.17, 15) is 9.18 Å². The van der Waals surface area contributed by atoms with Gasteiger partial charge < -0.3 is 4.90 Å². The van der Waals surface area contributed by atoms with Crippen LogP contribution in [0.15, 0.2) is 54.1 Å². The first kappa shape index (κ1) is 15.5. The summed E-state index contributed by atoms with van der Waals surface area (Å²) in [5, 5.41) is 18.2. The summed E-state index contributed by atoms with van der Waals surface area (Å²) >= 11 is 0. The quantitative estimate of drug-likeness (QED) is 0.645. The van der Waals surface area contributed by atoms with Crippen molar-refractivity contribution >= 4 is 17.2 Å². The highest BCUT2D eigenvalue weighted by molar-refractivity contribution is 6.34. The second-order valence-electron chi connectivity index (χ2n) is 5.33. The maximum Gasteiger partial charge on any atom is 0.261 e. The summed E-state index contributed by atoms with van der Waals surface area (Å²) in [6, 6.07) is 17.1. The van der Waals surface area contributed by atoms with Crippen LogP contribution in [0.4, 0.5) is 10.1 Å². The number of rotatable bonds is 3. The minimum Gasteiger partial charge on any atom is -0.307 e. The van der Waals surface area contributed by atoms with Crippen LogP contribution in [-0.2, 0) is 11.2 Å². The number of carbonyl (C=O) groups is 1. The Morgan fingerprint density at radius 3 is 2.46 bits per heavy atom. The Bertz CT molecular complexity index is 904. The molecule has 0 aliphatic carbocycles. The lowest BCUT2D eigenvalue weighted by Gasteiger charge is -2.17. The molecule has 0 aromatic heterocycles. The van der Waals surface area contributed by atoms with E-state index in [1.54, 1.807) is 12.1 Å². The molecule has 116 valence electrons. The topological polar surface area (TPSA) is 67.9 Å². The normalized spacial score (nSPS) is 12.5. The third kappa shape index (κ3) is 2.64. The maximum absolute atomic E-state index is 13.6. The summed E-state index contributed by atoms with van der Waals surface area (Å²) < 4.78 is 13.6. The first-order chi connectivity index (χ1) is 11.7. The molecule has 0 spiro atoms. The number of hydrogen-bond donors (Lipinski definition) is 0. The van der Waals surface area contributed by atoms with Crippen LogP contribution in [-0.4, -0.2) is 12.5 Å². The van der Waals surface area contributed by atoms with Crippen LogP contribution in [0.2, 0.25) is 0 Å². The fourth-order valence-corrected chi connectivity index (χ4v) is 2.79. The number of carbonyl (C=O) groups excluding carboxylic acids is 1. The van der Waals surface area contributed by atoms with Gasteiger partial charge in [-0.1, -0.05) is 30.3 Å². The zero-order valence-corrected chi connectivity index (χ0v) is 12.7. The molecule has 1 heterocycles. The molecule has 0 saturated carbocycles. The van der Waals surface area contributed by atoms with Crippen LogP contribution >= 0.6 is 0 Å². The lowest BCUT2D eigenvalue weighted by Crippen LogP contribution is -2.28. The average Bonchev–Trinajstić information content (AvgIpc) is 2.87. The summed E-state index contributed by atoms with van der Waals surface area (Å²) in [5.74, 6) is -0.955. The summed E-state index contributed by atoms with van der Waals surface area (Å²) in [6.07, 6.45) is 0.616. The highest BCUT2D eigenvalue weighted by Crippen LogP contribution is 2.38. The fourth-order valence-electron chi connectivity index (χ4n) is 2.79. The average molecular weight is 317 g/mol. The van der Waals surface area contributed by atoms with Gasteiger partial charge in [-0.3, -0.25) is 4.79 Å². The van der Waals surface area contributed by atoms with Crippen LogP contribution in [0.25, 0.3) is 5.57 Å². The van der Waals surface area contributed by atoms with Crippen molar-refractivity contribution in [1.82, 2.24) is 0 Å². The SMILES string of the molecule is N#CC(C#N)=C1C(=O)N(CCc2ccccc2)c2ccc(F)cc21. The van der Waals surface area contributed by atoms with Crippen molar-refractivity contribution in [3.63, 3.8) is 0 Å². The van der Waals surface area contributed by atoms with Gasteiger partial charge in [0.05, 0.1) is 11.3 Å². The van der Waals surface area contributed by atoms with Crippen molar-refractivity contribution in [2.75, 3.05) is 11.4 Å². The van der Waals surface area contributed by atoms with Gasteiger partial charge in [0.2, 0.25) is 0 Å². The third-order valence-corrected chi connectivity index (χ3v) is 3.92. The van der Waals surface area contributed by atoms with E-state index in [0.29, 0.717) is 24.2 Å². The molecule has 0 atom stereocenters. The zero-order valence-electron chi connectivity index (χ0n) is 12.7. The molecular weight excluding hydrogens is 305 g/mol. The molecule has 5 heteroatoms. The van der Waals surface area contributed by atoms with Crippen LogP contribution in [0.1, 0.15) is 11.1 Å². The lowest BCUT2D eigenvalue weighted by atomic mass is 10.0. The summed E-state index contributed by atoms with van der Waals surface area (Å²) in [6.45, 7) is 0.384. The smallest absolute Gasteiger partial charge is 0.261 e. The second-order valence-corrected chi connectivity index (χ2v) is 5.33. The Morgan fingerprint density at radius 2 is 1.79 bits per heavy atom. The largest absolute Gasteiger partial charge is 0.307 e. The van der Waals surface area contributed by atoms with E-state index in [4.69, 9.17) is 10.5 Å². The number of halogens is 1. The summed E-state index contributed by atoms with van der Waals surface area (Å²) in [4.78, 5) is 14.2. The standard InChI is InChI=1S/C19H12FN3O/c20-15-6-7-17-16(10-15)18(14(11-21)12-22)19(24)23(17)9-8-13-4-2-1-3-5-13/h1-7,10H,8-9H2. The molecule has 24 heavy (non-hydrogen) atoms. The van der Waals surface area contributed by atoms with E-state index in [0.717, 1.165) is 5.56 Å². The predicted molar refractivity (Wildman–Crippen MR) is 87.0 cm³/mol. The van der Waals surface area contributed by atoms with Gasteiger partial charge in [0.1, 0.15) is 23.5 Å². The van der Waals surface area contributed by atoms with Crippen LogP contribution < -0.4 is 4.90 Å². The number of benzene rings is 2. The van der Waals surface area contributed by atoms with E-state index in [2.05, 4.69) is 0 Å². The van der Waals surface area contributed by atoms with E-state index >= 15 is 0 Å². The number of nitrogens with zero attached hydrogens (tertiary/aromatic N) is 3. The number of allylic oxidation sites excluding steroid dienone is 1. The molecular formula is C19H12FN3O. The molecule has 1 aliphatic heterocycles. The number of fused-ring (bicyclic) bond motifs is 1. The van der Waals surface area contributed by atoms with Gasteiger partial charge in [0.25, 0.3) is 5.91 Å². The van der Waals surface area contributed by atoms with Crippen molar-refractivity contribution in [3.8, 4) is 12.1 Å². The summed E-state index contributed by atoms with van der Waals surface area (Å²) in [5.41, 5.74) is 1.56. The van der Waals surface area contributed by atoms with Gasteiger partial charge in [-0.25, -0.2) is 4.39 Å². The Labute approximate surface area is 138 Å². The predicted octanol–water partition coefficient (Wildman–Crippen LogP) is 3.22. The Kier molecular flexibility index (Phi) is 4.09. The van der Waals surface area contributed by atoms with E-state index in [1.807, 2.05) is 30.3 Å². The van der Waals surface area contributed by atoms with Crippen LogP contribution in [0.5, 0.6) is 0 Å². The number of hydrogen-bond acceptors (Lipinski definition) is 3. The number of anilines is 1. The molecule has 0 N–H and O–H groups in total. The Balaban J connectivity index is 2.01. The molecule has 0 bridgehead atoms. The second kappa shape index (κ2) is 6.36. The Morgan fingerprint density at radius 1 is 1.08 bits per heavy atom. The van der Waals surface area contributed by atoms with Crippen molar-refractivity contribution in [2.45, 2.75) is 6.42 Å². The highest BCUT2D eigenvalue weighted by atomic mass is 19.1. The first-order valence-corrected chi connectivity index (χ1v) is 7.36. The lowest BCUT2D eigenvalue weighted by molar-refractivity contribution is -0.113. The monoisotopic (exact) mass is 317 g/mol. The molecule has 0 unspecified atom stereocenters. The van der Waals surface area contributed by atoms with Crippen molar-refractivity contribution in [2.24, 2.45) is 0 Å². The highest BCUT2D eigenvalue weighted by Gasteiger charge is 2.35. The molecule has 3 rings (SSSR count). The van der Waals surface area contributed by atoms with Gasteiger partial charge in [-0.15, -0.1) is 0 Å². The first-order valence-electron chi connectivity index (χ1n) is 7.36. The van der Waals surface area contributed by atoms with E-state index in [1.165, 1.54) is 23.1 Å². The summed E-state index contributed by atoms with van der Waals surface area (Å²) in [7, 11) is 0. The molecule has 2 aromatic carbocycles. The number of amides is 1. The number of nitriles is 2. The molecule has 4 nitrogen and oxygen atoms in total. The van der Waals surface area contributed by atoms with Crippen LogP contribution in [0.3, 0.4) is 0 Å². The van der Waals surface area contributed by atoms with E-state index < -0.39 is 11.7 Å². The molecule has 2 aromatic rings. The maximum atomic E-state index is 13.6. The molecule has 0 radical (unpaired) electrons. The van der Waals surface area contributed by atoms with Gasteiger partial charge in [0.15, 0.2) is 0 Å². The van der Waals surface area contributed by atoms with Gasteiger partial charge >= 0.3 is 0 Å². The van der Waals surface area contributed by atoms with Crippen molar-refractivity contribution in [3.05, 3.63) is 71.0 Å². The Hall–Kier alpha value is -3.44. The molecule has 0 saturated heterocycles. The zero-order chi connectivity index (χ0) is 17.1. The van der Waals surface area contributed by atoms with Gasteiger partial charge in [-0.05, 0) is 30.2 Å².